The smallest absolute Gasteiger partial charge is 0.271 e. The lowest BCUT2D eigenvalue weighted by Gasteiger charge is -2.06. The Kier molecular flexibility index (Phi) is 7.29. The van der Waals surface area contributed by atoms with Crippen LogP contribution in [0.5, 0.6) is 5.75 Å². The van der Waals surface area contributed by atoms with Crippen LogP contribution in [0.3, 0.4) is 0 Å². The summed E-state index contributed by atoms with van der Waals surface area (Å²) in [5.74, 6) is 0.0137. The van der Waals surface area contributed by atoms with Gasteiger partial charge in [-0.2, -0.15) is 5.10 Å². The van der Waals surface area contributed by atoms with E-state index in [0.717, 1.165) is 10.4 Å². The van der Waals surface area contributed by atoms with E-state index in [1.165, 1.54) is 35.6 Å². The Morgan fingerprint density at radius 2 is 2.00 bits per heavy atom. The van der Waals surface area contributed by atoms with Crippen LogP contribution in [0.25, 0.3) is 10.4 Å². The van der Waals surface area contributed by atoms with Gasteiger partial charge in [-0.05, 0) is 30.7 Å². The highest BCUT2D eigenvalue weighted by Crippen LogP contribution is 2.42. The summed E-state index contributed by atoms with van der Waals surface area (Å²) in [5.41, 5.74) is 4.40. The molecule has 0 spiro atoms. The van der Waals surface area contributed by atoms with Gasteiger partial charge in [-0.15, -0.1) is 11.3 Å². The van der Waals surface area contributed by atoms with Gasteiger partial charge in [-0.25, -0.2) is 5.43 Å². The Morgan fingerprint density at radius 3 is 2.67 bits per heavy atom. The van der Waals surface area contributed by atoms with Crippen molar-refractivity contribution >= 4 is 74.9 Å². The van der Waals surface area contributed by atoms with Gasteiger partial charge in [0.05, 0.1) is 31.1 Å². The predicted molar refractivity (Wildman–Crippen MR) is 127 cm³/mol. The molecule has 3 rings (SSSR count). The van der Waals surface area contributed by atoms with E-state index in [1.807, 2.05) is 11.4 Å². The number of amides is 1. The summed E-state index contributed by atoms with van der Waals surface area (Å²) in [4.78, 5) is 23.4. The zero-order chi connectivity index (χ0) is 21.8. The highest BCUT2D eigenvalue weighted by atomic mass is 127. The molecule has 0 aliphatic heterocycles. The number of hydrogen-bond donors (Lipinski definition) is 1. The molecule has 0 unspecified atom stereocenters. The van der Waals surface area contributed by atoms with E-state index in [9.17, 15) is 14.9 Å². The number of rotatable bonds is 6. The van der Waals surface area contributed by atoms with Crippen LogP contribution in [0.15, 0.2) is 52.9 Å². The maximum atomic E-state index is 12.3. The van der Waals surface area contributed by atoms with E-state index >= 15 is 0 Å². The standard InChI is InChI=1S/C19H12Cl2IN3O4S/c1-10(23-24-19(26)12-3-2-4-13(7-12)25(27)28)14-9-30-18(17(14)29-22)11-5-6-15(20)16(21)8-11/h2-9H,1H3,(H,24,26)/b23-10+. The number of hydrogen-bond acceptors (Lipinski definition) is 6. The first-order chi connectivity index (χ1) is 14.3. The maximum Gasteiger partial charge on any atom is 0.271 e. The zero-order valence-electron chi connectivity index (χ0n) is 15.2. The summed E-state index contributed by atoms with van der Waals surface area (Å²) in [5, 5.41) is 17.7. The molecule has 2 aromatic carbocycles. The van der Waals surface area contributed by atoms with Crippen LogP contribution in [-0.2, 0) is 0 Å². The van der Waals surface area contributed by atoms with Crippen LogP contribution in [-0.4, -0.2) is 16.5 Å². The Balaban J connectivity index is 1.85. The third kappa shape index (κ3) is 4.91. The number of nitro groups is 1. The molecule has 3 aromatic rings. The number of benzene rings is 2. The van der Waals surface area contributed by atoms with Crippen molar-refractivity contribution in [2.75, 3.05) is 0 Å². The minimum atomic E-state index is -0.564. The molecular weight excluding hydrogens is 564 g/mol. The number of halogens is 3. The minimum Gasteiger partial charge on any atom is -0.425 e. The Hall–Kier alpha value is -2.21. The summed E-state index contributed by atoms with van der Waals surface area (Å²) in [7, 11) is 0. The highest BCUT2D eigenvalue weighted by molar-refractivity contribution is 14.1. The lowest BCUT2D eigenvalue weighted by atomic mass is 10.1. The van der Waals surface area contributed by atoms with Crippen molar-refractivity contribution in [3.05, 3.63) is 79.1 Å². The average Bonchev–Trinajstić information content (AvgIpc) is 3.18. The molecule has 0 fully saturated rings. The Bertz CT molecular complexity index is 1170. The highest BCUT2D eigenvalue weighted by Gasteiger charge is 2.18. The Morgan fingerprint density at radius 1 is 1.23 bits per heavy atom. The maximum absolute atomic E-state index is 12.3. The summed E-state index contributed by atoms with van der Waals surface area (Å²) >= 11 is 15.3. The van der Waals surface area contributed by atoms with Crippen molar-refractivity contribution in [2.24, 2.45) is 5.10 Å². The van der Waals surface area contributed by atoms with Crippen molar-refractivity contribution < 1.29 is 12.8 Å². The Labute approximate surface area is 199 Å². The van der Waals surface area contributed by atoms with Gasteiger partial charge >= 0.3 is 0 Å². The molecule has 30 heavy (non-hydrogen) atoms. The number of carbonyl (C=O) groups excluding carboxylic acids is 1. The fourth-order valence-electron chi connectivity index (χ4n) is 2.53. The van der Waals surface area contributed by atoms with Crippen molar-refractivity contribution in [2.45, 2.75) is 6.92 Å². The van der Waals surface area contributed by atoms with Gasteiger partial charge < -0.3 is 3.07 Å². The van der Waals surface area contributed by atoms with Crippen molar-refractivity contribution in [3.63, 3.8) is 0 Å². The molecule has 7 nitrogen and oxygen atoms in total. The molecule has 0 radical (unpaired) electrons. The second-order valence-corrected chi connectivity index (χ2v) is 8.09. The fourth-order valence-corrected chi connectivity index (χ4v) is 4.47. The summed E-state index contributed by atoms with van der Waals surface area (Å²) in [6, 6.07) is 10.7. The SMILES string of the molecule is C/C(=N\NC(=O)c1cccc([N+](=O)[O-])c1)c1csc(-c2ccc(Cl)c(Cl)c2)c1OI. The van der Waals surface area contributed by atoms with Gasteiger partial charge in [0.1, 0.15) is 0 Å². The second-order valence-electron chi connectivity index (χ2n) is 5.96. The summed E-state index contributed by atoms with van der Waals surface area (Å²) in [6.45, 7) is 1.72. The second kappa shape index (κ2) is 9.73. The van der Waals surface area contributed by atoms with Gasteiger partial charge in [0.2, 0.25) is 0 Å². The average molecular weight is 576 g/mol. The molecule has 0 saturated carbocycles. The number of thiophene rings is 1. The van der Waals surface area contributed by atoms with E-state index in [2.05, 4.69) is 10.5 Å². The third-order valence-corrected chi connectivity index (χ3v) is 6.23. The first-order valence-corrected chi connectivity index (χ1v) is 10.8. The summed E-state index contributed by atoms with van der Waals surface area (Å²) < 4.78 is 5.53. The number of hydrazone groups is 1. The molecule has 0 saturated heterocycles. The molecule has 1 heterocycles. The quantitative estimate of drug-likeness (QED) is 0.157. The van der Waals surface area contributed by atoms with Crippen LogP contribution in [0.1, 0.15) is 22.8 Å². The minimum absolute atomic E-state index is 0.132. The van der Waals surface area contributed by atoms with Gasteiger partial charge in [0.15, 0.2) is 28.8 Å². The largest absolute Gasteiger partial charge is 0.425 e. The van der Waals surface area contributed by atoms with Crippen LogP contribution in [0.2, 0.25) is 10.0 Å². The van der Waals surface area contributed by atoms with E-state index < -0.39 is 10.8 Å². The molecule has 1 N–H and O–H groups in total. The van der Waals surface area contributed by atoms with E-state index in [4.69, 9.17) is 26.3 Å². The predicted octanol–water partition coefficient (Wildman–Crippen LogP) is 6.51. The zero-order valence-corrected chi connectivity index (χ0v) is 19.7. The topological polar surface area (TPSA) is 93.8 Å². The number of nitrogens with zero attached hydrogens (tertiary/aromatic N) is 2. The number of non-ortho nitro benzene ring substituents is 1. The van der Waals surface area contributed by atoms with Crippen LogP contribution < -0.4 is 8.49 Å². The normalized spacial score (nSPS) is 11.3. The molecule has 0 aliphatic rings. The van der Waals surface area contributed by atoms with Gasteiger partial charge in [0.25, 0.3) is 11.6 Å². The number of nitrogens with one attached hydrogen (secondary N) is 1. The first-order valence-electron chi connectivity index (χ1n) is 8.26. The van der Waals surface area contributed by atoms with Crippen LogP contribution >= 0.6 is 57.5 Å². The number of carbonyl (C=O) groups is 1. The van der Waals surface area contributed by atoms with Gasteiger partial charge in [-0.1, -0.05) is 35.3 Å². The van der Waals surface area contributed by atoms with Crippen molar-refractivity contribution in [3.8, 4) is 16.2 Å². The third-order valence-electron chi connectivity index (χ3n) is 4.04. The molecular formula is C19H12Cl2IN3O4S. The monoisotopic (exact) mass is 575 g/mol. The van der Waals surface area contributed by atoms with Crippen LogP contribution in [0, 0.1) is 10.1 Å². The van der Waals surface area contributed by atoms with Crippen molar-refractivity contribution in [1.29, 1.82) is 0 Å². The molecule has 1 aromatic heterocycles. The molecule has 11 heteroatoms. The molecule has 1 amide bonds. The molecule has 0 bridgehead atoms. The lowest BCUT2D eigenvalue weighted by molar-refractivity contribution is -0.384. The summed E-state index contributed by atoms with van der Waals surface area (Å²) in [6.07, 6.45) is 0. The molecule has 154 valence electrons. The van der Waals surface area contributed by atoms with Gasteiger partial charge in [-0.3, -0.25) is 14.9 Å². The molecule has 0 aliphatic carbocycles. The fraction of sp³-hybridized carbons (Fsp3) is 0.0526. The lowest BCUT2D eigenvalue weighted by Crippen LogP contribution is -2.19. The van der Waals surface area contributed by atoms with E-state index in [-0.39, 0.29) is 11.3 Å². The van der Waals surface area contributed by atoms with Crippen molar-refractivity contribution in [1.82, 2.24) is 5.43 Å². The van der Waals surface area contributed by atoms with E-state index in [1.54, 1.807) is 42.1 Å². The number of nitro benzene ring substituents is 1. The van der Waals surface area contributed by atoms with Crippen LogP contribution in [0.4, 0.5) is 5.69 Å². The van der Waals surface area contributed by atoms with Gasteiger partial charge in [0, 0.05) is 23.1 Å². The first kappa shape index (κ1) is 22.5. The van der Waals surface area contributed by atoms with E-state index in [0.29, 0.717) is 27.1 Å². The molecule has 0 atom stereocenters.